The maximum Gasteiger partial charge on any atom is 0.218 e. The minimum absolute atomic E-state index is 0.576. The molecular formula is C14H13N. The molecule has 0 N–H and O–H groups in total. The van der Waals surface area contributed by atoms with Gasteiger partial charge in [-0.1, -0.05) is 36.4 Å². The van der Waals surface area contributed by atoms with Crippen molar-refractivity contribution >= 4 is 10.8 Å². The zero-order chi connectivity index (χ0) is 10.7. The van der Waals surface area contributed by atoms with Crippen LogP contribution in [0.2, 0.25) is 0 Å². The normalized spacial score (nSPS) is 10.1. The van der Waals surface area contributed by atoms with Crippen LogP contribution in [0.3, 0.4) is 0 Å². The van der Waals surface area contributed by atoms with Crippen LogP contribution in [0, 0.1) is 13.5 Å². The quantitative estimate of drug-likeness (QED) is 0.645. The lowest BCUT2D eigenvalue weighted by Gasteiger charge is -2.06. The molecule has 0 unspecified atom stereocenters. The van der Waals surface area contributed by atoms with Crippen LogP contribution >= 0.6 is 0 Å². The van der Waals surface area contributed by atoms with Crippen molar-refractivity contribution in [3.8, 4) is 0 Å². The Labute approximate surface area is 90.2 Å². The van der Waals surface area contributed by atoms with Crippen LogP contribution in [0.4, 0.5) is 0 Å². The van der Waals surface area contributed by atoms with E-state index in [1.54, 1.807) is 0 Å². The molecule has 2 aromatic rings. The lowest BCUT2D eigenvalue weighted by molar-refractivity contribution is 1.09. The molecule has 0 bridgehead atoms. The van der Waals surface area contributed by atoms with E-state index >= 15 is 0 Å². The van der Waals surface area contributed by atoms with Gasteiger partial charge in [0.05, 0.1) is 0 Å². The summed E-state index contributed by atoms with van der Waals surface area (Å²) >= 11 is 0. The van der Waals surface area contributed by atoms with Gasteiger partial charge in [0.25, 0.3) is 0 Å². The number of hydrogen-bond donors (Lipinski definition) is 0. The van der Waals surface area contributed by atoms with Crippen LogP contribution in [0.5, 0.6) is 0 Å². The zero-order valence-corrected chi connectivity index (χ0v) is 8.83. The molecule has 0 saturated carbocycles. The molecule has 2 rings (SSSR count). The minimum atomic E-state index is 0.576. The molecule has 0 aliphatic carbocycles. The van der Waals surface area contributed by atoms with Crippen LogP contribution in [0.25, 0.3) is 15.6 Å². The standard InChI is InChI=1S/C14H13N/c1-11-7-8-12(9-10-15-2)14-6-4-3-5-13(11)14/h3-8H,9-10H2,1H3. The monoisotopic (exact) mass is 195 g/mol. The Hall–Kier alpha value is -1.81. The zero-order valence-electron chi connectivity index (χ0n) is 8.83. The lowest BCUT2D eigenvalue weighted by atomic mass is 9.99. The van der Waals surface area contributed by atoms with Crippen molar-refractivity contribution < 1.29 is 0 Å². The lowest BCUT2D eigenvalue weighted by Crippen LogP contribution is -1.90. The molecule has 0 atom stereocenters. The molecule has 74 valence electrons. The summed E-state index contributed by atoms with van der Waals surface area (Å²) in [6.45, 7) is 9.53. The van der Waals surface area contributed by atoms with E-state index < -0.39 is 0 Å². The molecule has 1 heteroatoms. The van der Waals surface area contributed by atoms with Gasteiger partial charge in [-0.2, -0.15) is 0 Å². The molecule has 0 saturated heterocycles. The smallest absolute Gasteiger partial charge is 0.218 e. The van der Waals surface area contributed by atoms with Crippen molar-refractivity contribution in [2.45, 2.75) is 13.3 Å². The Balaban J connectivity index is 2.57. The van der Waals surface area contributed by atoms with E-state index in [0.717, 1.165) is 6.42 Å². The van der Waals surface area contributed by atoms with Gasteiger partial charge in [0.15, 0.2) is 0 Å². The Morgan fingerprint density at radius 3 is 2.53 bits per heavy atom. The van der Waals surface area contributed by atoms with Gasteiger partial charge in [-0.3, -0.25) is 0 Å². The van der Waals surface area contributed by atoms with Gasteiger partial charge >= 0.3 is 0 Å². The highest BCUT2D eigenvalue weighted by Crippen LogP contribution is 2.22. The highest BCUT2D eigenvalue weighted by atomic mass is 14.6. The summed E-state index contributed by atoms with van der Waals surface area (Å²) in [5.74, 6) is 0. The predicted molar refractivity (Wildman–Crippen MR) is 63.9 cm³/mol. The van der Waals surface area contributed by atoms with Crippen LogP contribution in [-0.2, 0) is 6.42 Å². The SMILES string of the molecule is [C-]#[N+]CCc1ccc(C)c2ccccc12. The summed E-state index contributed by atoms with van der Waals surface area (Å²) in [5.41, 5.74) is 2.59. The fourth-order valence-electron chi connectivity index (χ4n) is 1.91. The second-order valence-corrected chi connectivity index (χ2v) is 3.72. The first kappa shape index (κ1) is 9.73. The Bertz CT molecular complexity index is 520. The molecule has 0 aliphatic heterocycles. The second-order valence-electron chi connectivity index (χ2n) is 3.72. The van der Waals surface area contributed by atoms with Crippen molar-refractivity contribution in [1.29, 1.82) is 0 Å². The first-order valence-corrected chi connectivity index (χ1v) is 5.13. The summed E-state index contributed by atoms with van der Waals surface area (Å²) in [6.07, 6.45) is 0.851. The van der Waals surface area contributed by atoms with E-state index in [-0.39, 0.29) is 0 Å². The molecular weight excluding hydrogens is 182 g/mol. The fourth-order valence-corrected chi connectivity index (χ4v) is 1.91. The molecule has 2 aromatic carbocycles. The van der Waals surface area contributed by atoms with Crippen molar-refractivity contribution in [2.24, 2.45) is 0 Å². The van der Waals surface area contributed by atoms with Gasteiger partial charge in [0, 0.05) is 6.42 Å². The van der Waals surface area contributed by atoms with Gasteiger partial charge in [-0.05, 0) is 28.8 Å². The first-order chi connectivity index (χ1) is 7.33. The largest absolute Gasteiger partial charge is 0.317 e. The van der Waals surface area contributed by atoms with Crippen molar-refractivity contribution in [3.05, 3.63) is 58.9 Å². The van der Waals surface area contributed by atoms with Gasteiger partial charge in [0.1, 0.15) is 0 Å². The van der Waals surface area contributed by atoms with Crippen LogP contribution in [0.1, 0.15) is 11.1 Å². The molecule has 0 aromatic heterocycles. The van der Waals surface area contributed by atoms with Gasteiger partial charge in [-0.15, -0.1) is 0 Å². The van der Waals surface area contributed by atoms with Crippen LogP contribution < -0.4 is 0 Å². The third kappa shape index (κ3) is 1.85. The molecule has 0 radical (unpaired) electrons. The van der Waals surface area contributed by atoms with E-state index in [2.05, 4.69) is 48.2 Å². The topological polar surface area (TPSA) is 4.36 Å². The average molecular weight is 195 g/mol. The van der Waals surface area contributed by atoms with Crippen LogP contribution in [-0.4, -0.2) is 6.54 Å². The minimum Gasteiger partial charge on any atom is -0.317 e. The number of hydrogen-bond acceptors (Lipinski definition) is 0. The van der Waals surface area contributed by atoms with Gasteiger partial charge in [0.2, 0.25) is 6.54 Å². The van der Waals surface area contributed by atoms with E-state index in [4.69, 9.17) is 6.57 Å². The molecule has 0 amide bonds. The van der Waals surface area contributed by atoms with E-state index in [1.165, 1.54) is 21.9 Å². The average Bonchev–Trinajstić information content (AvgIpc) is 2.29. The van der Waals surface area contributed by atoms with Crippen molar-refractivity contribution in [2.75, 3.05) is 6.54 Å². The molecule has 0 heterocycles. The molecule has 0 aliphatic rings. The maximum atomic E-state index is 6.83. The summed E-state index contributed by atoms with van der Waals surface area (Å²) in [6, 6.07) is 12.7. The van der Waals surface area contributed by atoms with Crippen molar-refractivity contribution in [1.82, 2.24) is 0 Å². The van der Waals surface area contributed by atoms with Crippen molar-refractivity contribution in [3.63, 3.8) is 0 Å². The second kappa shape index (κ2) is 4.14. The summed E-state index contributed by atoms with van der Waals surface area (Å²) in [7, 11) is 0. The fraction of sp³-hybridized carbons (Fsp3) is 0.214. The van der Waals surface area contributed by atoms with Crippen LogP contribution in [0.15, 0.2) is 36.4 Å². The molecule has 1 nitrogen and oxygen atoms in total. The molecule has 0 spiro atoms. The number of aryl methyl sites for hydroxylation is 1. The Morgan fingerprint density at radius 1 is 1.07 bits per heavy atom. The summed E-state index contributed by atoms with van der Waals surface area (Å²) < 4.78 is 0. The molecule has 0 fully saturated rings. The highest BCUT2D eigenvalue weighted by molar-refractivity contribution is 5.88. The van der Waals surface area contributed by atoms with E-state index in [1.807, 2.05) is 0 Å². The van der Waals surface area contributed by atoms with Gasteiger partial charge in [-0.25, -0.2) is 6.57 Å². The number of benzene rings is 2. The molecule has 15 heavy (non-hydrogen) atoms. The number of nitrogens with zero attached hydrogens (tertiary/aromatic N) is 1. The third-order valence-corrected chi connectivity index (χ3v) is 2.73. The predicted octanol–water partition coefficient (Wildman–Crippen LogP) is 3.61. The number of rotatable bonds is 2. The van der Waals surface area contributed by atoms with Gasteiger partial charge < -0.3 is 4.85 Å². The first-order valence-electron chi connectivity index (χ1n) is 5.13. The van der Waals surface area contributed by atoms with E-state index in [9.17, 15) is 0 Å². The summed E-state index contributed by atoms with van der Waals surface area (Å²) in [4.78, 5) is 3.41. The van der Waals surface area contributed by atoms with E-state index in [0.29, 0.717) is 6.54 Å². The Kier molecular flexibility index (Phi) is 2.69. The maximum absolute atomic E-state index is 6.83. The summed E-state index contributed by atoms with van der Waals surface area (Å²) in [5, 5.41) is 2.60. The Morgan fingerprint density at radius 2 is 1.80 bits per heavy atom. The third-order valence-electron chi connectivity index (χ3n) is 2.73. The highest BCUT2D eigenvalue weighted by Gasteiger charge is 2.03. The number of fused-ring (bicyclic) bond motifs is 1.